The molecule has 7 nitrogen and oxygen atoms in total. The highest BCUT2D eigenvalue weighted by atomic mass is 16.5. The summed E-state index contributed by atoms with van der Waals surface area (Å²) in [6, 6.07) is 7.99. The van der Waals surface area contributed by atoms with Gasteiger partial charge in [-0.05, 0) is 25.8 Å². The van der Waals surface area contributed by atoms with Crippen molar-refractivity contribution in [3.05, 3.63) is 30.1 Å². The van der Waals surface area contributed by atoms with Crippen LogP contribution in [0, 0.1) is 0 Å². The van der Waals surface area contributed by atoms with E-state index in [0.717, 1.165) is 35.1 Å². The van der Waals surface area contributed by atoms with Crippen LogP contribution in [-0.4, -0.2) is 39.9 Å². The summed E-state index contributed by atoms with van der Waals surface area (Å²) in [6.45, 7) is 5.05. The fraction of sp³-hybridized carbons (Fsp3) is 0.474. The summed E-state index contributed by atoms with van der Waals surface area (Å²) in [6.07, 6.45) is 1.64. The maximum absolute atomic E-state index is 6.70. The van der Waals surface area contributed by atoms with Crippen LogP contribution < -0.4 is 11.5 Å². The van der Waals surface area contributed by atoms with Crippen LogP contribution in [0.4, 0.5) is 5.82 Å². The van der Waals surface area contributed by atoms with Gasteiger partial charge in [-0.1, -0.05) is 18.2 Å². The third-order valence-corrected chi connectivity index (χ3v) is 5.09. The SMILES string of the molecule is CCOCc1nc2c(N)nc3ccccc3c2n1CC1(N)CCOCC1. The molecule has 3 aromatic rings. The van der Waals surface area contributed by atoms with Gasteiger partial charge in [-0.15, -0.1) is 0 Å². The lowest BCUT2D eigenvalue weighted by Crippen LogP contribution is -2.48. The topological polar surface area (TPSA) is 101 Å². The van der Waals surface area contributed by atoms with Crippen LogP contribution in [0.25, 0.3) is 21.9 Å². The molecular weight excluding hydrogens is 330 g/mol. The third-order valence-electron chi connectivity index (χ3n) is 5.09. The Morgan fingerprint density at radius 1 is 1.23 bits per heavy atom. The van der Waals surface area contributed by atoms with Crippen molar-refractivity contribution in [3.8, 4) is 0 Å². The zero-order chi connectivity index (χ0) is 18.1. The summed E-state index contributed by atoms with van der Waals surface area (Å²) in [5, 5.41) is 1.03. The second-order valence-corrected chi connectivity index (χ2v) is 6.94. The van der Waals surface area contributed by atoms with E-state index < -0.39 is 0 Å². The summed E-state index contributed by atoms with van der Waals surface area (Å²) in [7, 11) is 0. The zero-order valence-electron chi connectivity index (χ0n) is 15.1. The zero-order valence-corrected chi connectivity index (χ0v) is 15.1. The molecule has 0 aliphatic carbocycles. The summed E-state index contributed by atoms with van der Waals surface area (Å²) in [5.74, 6) is 1.27. The third kappa shape index (κ3) is 3.02. The van der Waals surface area contributed by atoms with Gasteiger partial charge in [0, 0.05) is 37.3 Å². The fourth-order valence-corrected chi connectivity index (χ4v) is 3.63. The molecule has 1 saturated heterocycles. The van der Waals surface area contributed by atoms with E-state index in [9.17, 15) is 0 Å². The van der Waals surface area contributed by atoms with Gasteiger partial charge in [-0.25, -0.2) is 9.97 Å². The summed E-state index contributed by atoms with van der Waals surface area (Å²) >= 11 is 0. The highest BCUT2D eigenvalue weighted by Gasteiger charge is 2.31. The molecule has 26 heavy (non-hydrogen) atoms. The predicted octanol–water partition coefficient (Wildman–Crippen LogP) is 2.21. The number of aromatic nitrogens is 3. The summed E-state index contributed by atoms with van der Waals surface area (Å²) in [5.41, 5.74) is 15.2. The lowest BCUT2D eigenvalue weighted by molar-refractivity contribution is 0.0462. The van der Waals surface area contributed by atoms with E-state index in [1.165, 1.54) is 0 Å². The van der Waals surface area contributed by atoms with Gasteiger partial charge in [0.2, 0.25) is 0 Å². The first-order valence-corrected chi connectivity index (χ1v) is 9.09. The highest BCUT2D eigenvalue weighted by molar-refractivity contribution is 6.06. The Labute approximate surface area is 152 Å². The number of nitrogens with two attached hydrogens (primary N) is 2. The first-order valence-electron chi connectivity index (χ1n) is 9.09. The minimum Gasteiger partial charge on any atom is -0.382 e. The van der Waals surface area contributed by atoms with Gasteiger partial charge in [0.1, 0.15) is 17.9 Å². The molecule has 4 rings (SSSR count). The Bertz CT molecular complexity index is 930. The van der Waals surface area contributed by atoms with Crippen molar-refractivity contribution >= 4 is 27.8 Å². The van der Waals surface area contributed by atoms with E-state index in [1.54, 1.807) is 0 Å². The number of imidazole rings is 1. The van der Waals surface area contributed by atoms with Crippen molar-refractivity contribution in [3.63, 3.8) is 0 Å². The van der Waals surface area contributed by atoms with Gasteiger partial charge in [0.25, 0.3) is 0 Å². The van der Waals surface area contributed by atoms with Crippen molar-refractivity contribution in [2.45, 2.75) is 38.5 Å². The Hall–Kier alpha value is -2.22. The van der Waals surface area contributed by atoms with Crippen LogP contribution in [0.15, 0.2) is 24.3 Å². The number of rotatable bonds is 5. The van der Waals surface area contributed by atoms with Crippen molar-refractivity contribution in [1.82, 2.24) is 14.5 Å². The average molecular weight is 355 g/mol. The van der Waals surface area contributed by atoms with Gasteiger partial charge in [-0.3, -0.25) is 0 Å². The molecule has 0 atom stereocenters. The molecule has 138 valence electrons. The number of pyridine rings is 1. The Kier molecular flexibility index (Phi) is 4.52. The van der Waals surface area contributed by atoms with Gasteiger partial charge in [-0.2, -0.15) is 0 Å². The number of nitrogen functional groups attached to an aromatic ring is 1. The molecule has 0 amide bonds. The number of anilines is 1. The van der Waals surface area contributed by atoms with Gasteiger partial charge < -0.3 is 25.5 Å². The average Bonchev–Trinajstić information content (AvgIpc) is 2.99. The predicted molar refractivity (Wildman–Crippen MR) is 102 cm³/mol. The second-order valence-electron chi connectivity index (χ2n) is 6.94. The summed E-state index contributed by atoms with van der Waals surface area (Å²) in [4.78, 5) is 9.27. The molecule has 7 heteroatoms. The normalized spacial score (nSPS) is 17.2. The smallest absolute Gasteiger partial charge is 0.152 e. The molecule has 0 unspecified atom stereocenters. The largest absolute Gasteiger partial charge is 0.382 e. The summed E-state index contributed by atoms with van der Waals surface area (Å²) < 4.78 is 13.3. The van der Waals surface area contributed by atoms with Crippen LogP contribution in [-0.2, 0) is 22.6 Å². The second kappa shape index (κ2) is 6.83. The molecule has 0 radical (unpaired) electrons. The van der Waals surface area contributed by atoms with E-state index in [-0.39, 0.29) is 5.54 Å². The minimum atomic E-state index is -0.327. The molecule has 1 aliphatic rings. The quantitative estimate of drug-likeness (QED) is 0.728. The number of benzene rings is 1. The Balaban J connectivity index is 1.91. The van der Waals surface area contributed by atoms with Crippen molar-refractivity contribution in [2.75, 3.05) is 25.6 Å². The van der Waals surface area contributed by atoms with Crippen molar-refractivity contribution < 1.29 is 9.47 Å². The minimum absolute atomic E-state index is 0.327. The molecule has 0 bridgehead atoms. The fourth-order valence-electron chi connectivity index (χ4n) is 3.63. The van der Waals surface area contributed by atoms with Crippen LogP contribution in [0.3, 0.4) is 0 Å². The number of fused-ring (bicyclic) bond motifs is 3. The molecule has 3 heterocycles. The number of ether oxygens (including phenoxy) is 2. The first kappa shape index (κ1) is 17.2. The van der Waals surface area contributed by atoms with Crippen molar-refractivity contribution in [1.29, 1.82) is 0 Å². The van der Waals surface area contributed by atoms with E-state index in [1.807, 2.05) is 25.1 Å². The maximum atomic E-state index is 6.70. The first-order chi connectivity index (χ1) is 12.6. The molecule has 1 aliphatic heterocycles. The number of hydrogen-bond donors (Lipinski definition) is 2. The molecule has 2 aromatic heterocycles. The van der Waals surface area contributed by atoms with Crippen LogP contribution in [0.1, 0.15) is 25.6 Å². The molecule has 4 N–H and O–H groups in total. The lowest BCUT2D eigenvalue weighted by Gasteiger charge is -2.34. The number of hydrogen-bond acceptors (Lipinski definition) is 6. The molecule has 1 fully saturated rings. The standard InChI is InChI=1S/C19H25N5O2/c1-2-25-11-15-23-16-17(13-5-3-4-6-14(13)22-18(16)20)24(15)12-19(21)7-9-26-10-8-19/h3-6H,2,7-12,21H2,1H3,(H2,20,22). The van der Waals surface area contributed by atoms with E-state index in [0.29, 0.717) is 44.3 Å². The monoisotopic (exact) mass is 355 g/mol. The van der Waals surface area contributed by atoms with E-state index in [4.69, 9.17) is 25.9 Å². The van der Waals surface area contributed by atoms with Crippen LogP contribution in [0.2, 0.25) is 0 Å². The van der Waals surface area contributed by atoms with Gasteiger partial charge in [0.05, 0.1) is 11.0 Å². The Morgan fingerprint density at radius 3 is 2.77 bits per heavy atom. The Morgan fingerprint density at radius 2 is 2.00 bits per heavy atom. The molecule has 1 aromatic carbocycles. The van der Waals surface area contributed by atoms with Gasteiger partial charge in [0.15, 0.2) is 5.82 Å². The molecular formula is C19H25N5O2. The number of para-hydroxylation sites is 1. The lowest BCUT2D eigenvalue weighted by atomic mass is 9.91. The van der Waals surface area contributed by atoms with E-state index in [2.05, 4.69) is 15.6 Å². The maximum Gasteiger partial charge on any atom is 0.152 e. The highest BCUT2D eigenvalue weighted by Crippen LogP contribution is 2.31. The van der Waals surface area contributed by atoms with Gasteiger partial charge >= 0.3 is 0 Å². The van der Waals surface area contributed by atoms with E-state index >= 15 is 0 Å². The van der Waals surface area contributed by atoms with Crippen molar-refractivity contribution in [2.24, 2.45) is 5.73 Å². The number of nitrogens with zero attached hydrogens (tertiary/aromatic N) is 3. The molecule has 0 spiro atoms. The van der Waals surface area contributed by atoms with Crippen LogP contribution >= 0.6 is 0 Å². The molecule has 0 saturated carbocycles. The van der Waals surface area contributed by atoms with Crippen LogP contribution in [0.5, 0.6) is 0 Å².